The zero-order valence-corrected chi connectivity index (χ0v) is 21.1. The Labute approximate surface area is 212 Å². The first-order valence-corrected chi connectivity index (χ1v) is 12.0. The van der Waals surface area contributed by atoms with E-state index in [9.17, 15) is 23.1 Å². The van der Waals surface area contributed by atoms with Crippen molar-refractivity contribution in [3.63, 3.8) is 0 Å². The molecule has 0 aliphatic heterocycles. The van der Waals surface area contributed by atoms with Crippen molar-refractivity contribution >= 4 is 28.9 Å². The van der Waals surface area contributed by atoms with Crippen LogP contribution >= 0.6 is 0 Å². The fourth-order valence-corrected chi connectivity index (χ4v) is 4.16. The van der Waals surface area contributed by atoms with E-state index in [2.05, 4.69) is 20.7 Å². The Bertz CT molecular complexity index is 1260. The highest BCUT2D eigenvalue weighted by Gasteiger charge is 2.38. The summed E-state index contributed by atoms with van der Waals surface area (Å²) in [7, 11) is 3.10. The molecule has 3 N–H and O–H groups in total. The van der Waals surface area contributed by atoms with Gasteiger partial charge in [0.05, 0.1) is 11.3 Å². The molecule has 1 aliphatic rings. The normalized spacial score (nSPS) is 20.9. The first-order chi connectivity index (χ1) is 17.3. The molecule has 0 radical (unpaired) electrons. The van der Waals surface area contributed by atoms with E-state index in [0.29, 0.717) is 18.7 Å². The lowest BCUT2D eigenvalue weighted by Crippen LogP contribution is -2.36. The summed E-state index contributed by atoms with van der Waals surface area (Å²) in [5.41, 5.74) is 0.414. The number of nitrogens with one attached hydrogen (secondary N) is 2. The van der Waals surface area contributed by atoms with E-state index in [1.165, 1.54) is 23.1 Å². The number of aromatic nitrogens is 3. The summed E-state index contributed by atoms with van der Waals surface area (Å²) in [6, 6.07) is 8.00. The fourth-order valence-electron chi connectivity index (χ4n) is 4.16. The lowest BCUT2D eigenvalue weighted by Gasteiger charge is -2.33. The van der Waals surface area contributed by atoms with Crippen LogP contribution in [0.1, 0.15) is 49.9 Å². The van der Waals surface area contributed by atoms with Crippen molar-refractivity contribution in [3.8, 4) is 5.75 Å². The van der Waals surface area contributed by atoms with Gasteiger partial charge in [-0.2, -0.15) is 18.2 Å². The zero-order chi connectivity index (χ0) is 27.0. The molecule has 1 unspecified atom stereocenters. The van der Waals surface area contributed by atoms with E-state index >= 15 is 0 Å². The van der Waals surface area contributed by atoms with Crippen LogP contribution in [0.3, 0.4) is 0 Å². The number of carbonyl (C=O) groups excluding carboxylic acids is 1. The van der Waals surface area contributed by atoms with Crippen molar-refractivity contribution < 1.29 is 27.8 Å². The molecule has 1 aliphatic carbocycles. The van der Waals surface area contributed by atoms with Crippen LogP contribution in [0.2, 0.25) is 0 Å². The molecule has 4 rings (SSSR count). The molecule has 0 spiro atoms. The highest BCUT2D eigenvalue weighted by atomic mass is 19.4. The molecule has 2 aromatic heterocycles. The van der Waals surface area contributed by atoms with E-state index in [-0.39, 0.29) is 34.9 Å². The Morgan fingerprint density at radius 2 is 1.97 bits per heavy atom. The minimum absolute atomic E-state index is 0.101. The average molecular weight is 521 g/mol. The summed E-state index contributed by atoms with van der Waals surface area (Å²) >= 11 is 0. The molecule has 2 heterocycles. The van der Waals surface area contributed by atoms with E-state index in [1.807, 2.05) is 19.1 Å². The van der Waals surface area contributed by atoms with Gasteiger partial charge in [0.25, 0.3) is 5.91 Å². The number of aliphatic hydroxyl groups is 1. The zero-order valence-electron chi connectivity index (χ0n) is 21.1. The van der Waals surface area contributed by atoms with Gasteiger partial charge >= 0.3 is 6.18 Å². The Balaban J connectivity index is 1.65. The summed E-state index contributed by atoms with van der Waals surface area (Å²) in [5, 5.41) is 21.1. The maximum atomic E-state index is 13.3. The summed E-state index contributed by atoms with van der Waals surface area (Å²) in [4.78, 5) is 18.3. The van der Waals surface area contributed by atoms with Crippen molar-refractivity contribution in [1.82, 2.24) is 19.5 Å². The molecule has 9 nitrogen and oxygen atoms in total. The van der Waals surface area contributed by atoms with Gasteiger partial charge in [-0.05, 0) is 69.9 Å². The summed E-state index contributed by atoms with van der Waals surface area (Å²) in [6.45, 7) is 2.73. The third-order valence-corrected chi connectivity index (χ3v) is 6.44. The molecule has 1 atom stereocenters. The van der Waals surface area contributed by atoms with Crippen molar-refractivity contribution in [2.24, 2.45) is 0 Å². The third-order valence-electron chi connectivity index (χ3n) is 6.44. The van der Waals surface area contributed by atoms with E-state index in [4.69, 9.17) is 4.74 Å². The topological polar surface area (TPSA) is 104 Å². The van der Waals surface area contributed by atoms with Gasteiger partial charge in [0.1, 0.15) is 11.3 Å². The van der Waals surface area contributed by atoms with Gasteiger partial charge in [-0.1, -0.05) is 0 Å². The molecule has 12 heteroatoms. The third kappa shape index (κ3) is 6.24. The second-order valence-electron chi connectivity index (χ2n) is 9.87. The smallest absolute Gasteiger partial charge is 0.425 e. The predicted octanol–water partition coefficient (Wildman–Crippen LogP) is 4.61. The molecular weight excluding hydrogens is 489 g/mol. The number of amides is 1. The maximum absolute atomic E-state index is 13.3. The Kier molecular flexibility index (Phi) is 7.22. The minimum Gasteiger partial charge on any atom is -0.479 e. The van der Waals surface area contributed by atoms with E-state index in [0.717, 1.165) is 25.3 Å². The number of hydrogen-bond donors (Lipinski definition) is 3. The van der Waals surface area contributed by atoms with Crippen LogP contribution in [0.5, 0.6) is 5.75 Å². The number of carbonyl (C=O) groups is 1. The maximum Gasteiger partial charge on any atom is 0.425 e. The standard InChI is InChI=1S/C25H31F3N6O3/c1-15(25(26,27)28)37-20-14-16(22(35)33(3)4)7-8-18(20)30-23-31-21(19-6-5-13-34(19)32-23)29-17-9-11-24(2,36)12-10-17/h5-8,13-15,17,36H,9-12H2,1-4H3,(H2,29,30,31,32)/t15?,17-,24-. The summed E-state index contributed by atoms with van der Waals surface area (Å²) in [6.07, 6.45) is -2.11. The van der Waals surface area contributed by atoms with Crippen LogP contribution in [-0.2, 0) is 0 Å². The molecule has 1 fully saturated rings. The number of alkyl halides is 3. The number of benzene rings is 1. The highest BCUT2D eigenvalue weighted by molar-refractivity contribution is 5.95. The van der Waals surface area contributed by atoms with Crippen molar-refractivity contribution in [3.05, 3.63) is 42.1 Å². The number of ether oxygens (including phenoxy) is 1. The number of fused-ring (bicyclic) bond motifs is 1. The fraction of sp³-hybridized carbons (Fsp3) is 0.480. The first kappa shape index (κ1) is 26.5. The van der Waals surface area contributed by atoms with Crippen LogP contribution in [0.25, 0.3) is 5.52 Å². The quantitative estimate of drug-likeness (QED) is 0.418. The average Bonchev–Trinajstić information content (AvgIpc) is 3.29. The van der Waals surface area contributed by atoms with Gasteiger partial charge in [-0.3, -0.25) is 4.79 Å². The Morgan fingerprint density at radius 3 is 2.62 bits per heavy atom. The lowest BCUT2D eigenvalue weighted by atomic mass is 9.84. The second-order valence-corrected chi connectivity index (χ2v) is 9.87. The molecule has 0 bridgehead atoms. The Morgan fingerprint density at radius 1 is 1.27 bits per heavy atom. The molecule has 1 amide bonds. The van der Waals surface area contributed by atoms with Crippen LogP contribution in [-0.4, -0.2) is 68.5 Å². The summed E-state index contributed by atoms with van der Waals surface area (Å²) < 4.78 is 46.7. The number of anilines is 3. The Hall–Kier alpha value is -3.54. The van der Waals surface area contributed by atoms with Gasteiger partial charge in [-0.15, -0.1) is 5.10 Å². The number of nitrogens with zero attached hydrogens (tertiary/aromatic N) is 4. The van der Waals surface area contributed by atoms with E-state index in [1.54, 1.807) is 24.8 Å². The van der Waals surface area contributed by atoms with E-state index < -0.39 is 17.9 Å². The largest absolute Gasteiger partial charge is 0.479 e. The highest BCUT2D eigenvalue weighted by Crippen LogP contribution is 2.34. The minimum atomic E-state index is -4.60. The molecular formula is C25H31F3N6O3. The van der Waals surface area contributed by atoms with Gasteiger partial charge in [-0.25, -0.2) is 4.52 Å². The number of halogens is 3. The molecule has 1 saturated carbocycles. The van der Waals surface area contributed by atoms with Gasteiger partial charge in [0, 0.05) is 31.9 Å². The molecule has 0 saturated heterocycles. The van der Waals surface area contributed by atoms with Crippen molar-refractivity contribution in [2.45, 2.75) is 63.5 Å². The monoisotopic (exact) mass is 520 g/mol. The number of hydrogen-bond acceptors (Lipinski definition) is 7. The molecule has 1 aromatic carbocycles. The van der Waals surface area contributed by atoms with Crippen molar-refractivity contribution in [1.29, 1.82) is 0 Å². The van der Waals surface area contributed by atoms with Gasteiger partial charge in [0.15, 0.2) is 11.9 Å². The number of rotatable bonds is 7. The van der Waals surface area contributed by atoms with Crippen molar-refractivity contribution in [2.75, 3.05) is 24.7 Å². The SMILES string of the molecule is CC(Oc1cc(C(=O)N(C)C)ccc1Nc1nc(N[C@H]2CC[C@](C)(O)CC2)c2cccn2n1)C(F)(F)F. The van der Waals surface area contributed by atoms with Crippen LogP contribution in [0.15, 0.2) is 36.5 Å². The van der Waals surface area contributed by atoms with Gasteiger partial charge in [0.2, 0.25) is 5.95 Å². The first-order valence-electron chi connectivity index (χ1n) is 12.0. The van der Waals surface area contributed by atoms with Crippen LogP contribution < -0.4 is 15.4 Å². The van der Waals surface area contributed by atoms with Crippen LogP contribution in [0.4, 0.5) is 30.6 Å². The molecule has 200 valence electrons. The predicted molar refractivity (Wildman–Crippen MR) is 133 cm³/mol. The second kappa shape index (κ2) is 10.1. The lowest BCUT2D eigenvalue weighted by molar-refractivity contribution is -0.189. The van der Waals surface area contributed by atoms with Crippen LogP contribution in [0, 0.1) is 0 Å². The molecule has 3 aromatic rings. The van der Waals surface area contributed by atoms with Gasteiger partial charge < -0.3 is 25.4 Å². The molecule has 37 heavy (non-hydrogen) atoms. The summed E-state index contributed by atoms with van der Waals surface area (Å²) in [5.74, 6) is 0.154.